The standard InChI is InChI=1S/C10H11N3OS/c11-13-9-4-1-5-10(12-9)15-7-8-3-2-6-14-8/h1-6H,7,11H2,(H,12,13). The molecule has 0 aliphatic carbocycles. The van der Waals surface area contributed by atoms with Crippen molar-refractivity contribution in [2.45, 2.75) is 10.8 Å². The van der Waals surface area contributed by atoms with Crippen LogP contribution in [-0.2, 0) is 5.75 Å². The fourth-order valence-electron chi connectivity index (χ4n) is 1.12. The van der Waals surface area contributed by atoms with Crippen molar-refractivity contribution in [3.05, 3.63) is 42.4 Å². The quantitative estimate of drug-likeness (QED) is 0.471. The highest BCUT2D eigenvalue weighted by Crippen LogP contribution is 2.21. The highest BCUT2D eigenvalue weighted by atomic mass is 32.2. The van der Waals surface area contributed by atoms with Crippen LogP contribution in [0.4, 0.5) is 5.82 Å². The molecular formula is C10H11N3OS. The molecule has 3 N–H and O–H groups in total. The Morgan fingerprint density at radius 2 is 2.27 bits per heavy atom. The van der Waals surface area contributed by atoms with Crippen LogP contribution in [0.2, 0.25) is 0 Å². The summed E-state index contributed by atoms with van der Waals surface area (Å²) in [7, 11) is 0. The molecule has 0 aromatic carbocycles. The average Bonchev–Trinajstić information content (AvgIpc) is 2.79. The Hall–Kier alpha value is -1.46. The van der Waals surface area contributed by atoms with Gasteiger partial charge in [-0.1, -0.05) is 17.8 Å². The first-order valence-corrected chi connectivity index (χ1v) is 5.46. The summed E-state index contributed by atoms with van der Waals surface area (Å²) >= 11 is 1.61. The first kappa shape index (κ1) is 10.1. The number of pyridine rings is 1. The maximum Gasteiger partial charge on any atom is 0.141 e. The fourth-order valence-corrected chi connectivity index (χ4v) is 1.91. The van der Waals surface area contributed by atoms with Gasteiger partial charge in [-0.2, -0.15) is 0 Å². The molecular weight excluding hydrogens is 210 g/mol. The van der Waals surface area contributed by atoms with Crippen molar-refractivity contribution in [2.24, 2.45) is 5.84 Å². The minimum atomic E-state index is 0.666. The van der Waals surface area contributed by atoms with Crippen LogP contribution in [-0.4, -0.2) is 4.98 Å². The number of thioether (sulfide) groups is 1. The summed E-state index contributed by atoms with van der Waals surface area (Å²) in [6.07, 6.45) is 1.67. The van der Waals surface area contributed by atoms with Gasteiger partial charge < -0.3 is 9.84 Å². The molecule has 2 rings (SSSR count). The topological polar surface area (TPSA) is 64.1 Å². The maximum atomic E-state index is 5.27. The molecule has 0 atom stereocenters. The van der Waals surface area contributed by atoms with Gasteiger partial charge in [0.1, 0.15) is 11.6 Å². The van der Waals surface area contributed by atoms with Crippen LogP contribution < -0.4 is 11.3 Å². The number of hydrazine groups is 1. The van der Waals surface area contributed by atoms with Crippen LogP contribution in [0.1, 0.15) is 5.76 Å². The van der Waals surface area contributed by atoms with E-state index in [1.807, 2.05) is 30.3 Å². The largest absolute Gasteiger partial charge is 0.468 e. The summed E-state index contributed by atoms with van der Waals surface area (Å²) in [5.74, 6) is 7.65. The van der Waals surface area contributed by atoms with Crippen LogP contribution >= 0.6 is 11.8 Å². The van der Waals surface area contributed by atoms with Gasteiger partial charge in [0.25, 0.3) is 0 Å². The SMILES string of the molecule is NNc1cccc(SCc2ccco2)n1. The minimum Gasteiger partial charge on any atom is -0.468 e. The van der Waals surface area contributed by atoms with Gasteiger partial charge in [0, 0.05) is 0 Å². The van der Waals surface area contributed by atoms with E-state index in [2.05, 4.69) is 10.4 Å². The van der Waals surface area contributed by atoms with Crippen molar-refractivity contribution in [1.29, 1.82) is 0 Å². The van der Waals surface area contributed by atoms with Crippen molar-refractivity contribution < 1.29 is 4.42 Å². The molecule has 0 saturated heterocycles. The predicted molar refractivity (Wildman–Crippen MR) is 60.3 cm³/mol. The maximum absolute atomic E-state index is 5.27. The Morgan fingerprint density at radius 1 is 1.33 bits per heavy atom. The molecule has 4 nitrogen and oxygen atoms in total. The van der Waals surface area contributed by atoms with E-state index in [1.165, 1.54) is 0 Å². The highest BCUT2D eigenvalue weighted by molar-refractivity contribution is 7.98. The van der Waals surface area contributed by atoms with Crippen LogP contribution in [0.15, 0.2) is 46.0 Å². The van der Waals surface area contributed by atoms with Crippen LogP contribution in [0.5, 0.6) is 0 Å². The van der Waals surface area contributed by atoms with Crippen LogP contribution in [0.25, 0.3) is 0 Å². The number of anilines is 1. The van der Waals surface area contributed by atoms with Gasteiger partial charge in [-0.25, -0.2) is 10.8 Å². The molecule has 5 heteroatoms. The average molecular weight is 221 g/mol. The summed E-state index contributed by atoms with van der Waals surface area (Å²) in [5, 5.41) is 0.918. The van der Waals surface area contributed by atoms with Crippen LogP contribution in [0.3, 0.4) is 0 Å². The Balaban J connectivity index is 1.98. The highest BCUT2D eigenvalue weighted by Gasteiger charge is 2.00. The first-order chi connectivity index (χ1) is 7.38. The molecule has 2 aromatic rings. The van der Waals surface area contributed by atoms with Crippen molar-refractivity contribution >= 4 is 17.6 Å². The fraction of sp³-hybridized carbons (Fsp3) is 0.100. The number of nitrogen functional groups attached to an aromatic ring is 1. The van der Waals surface area contributed by atoms with Gasteiger partial charge in [0.15, 0.2) is 0 Å². The Labute approximate surface area is 91.9 Å². The van der Waals surface area contributed by atoms with Crippen LogP contribution in [0, 0.1) is 0 Å². The number of rotatable bonds is 4. The minimum absolute atomic E-state index is 0.666. The Kier molecular flexibility index (Phi) is 3.26. The van der Waals surface area contributed by atoms with Crippen molar-refractivity contribution in [1.82, 2.24) is 4.98 Å². The summed E-state index contributed by atoms with van der Waals surface area (Å²) in [4.78, 5) is 4.28. The number of nitrogens with two attached hydrogens (primary N) is 1. The number of furan rings is 1. The van der Waals surface area contributed by atoms with E-state index in [0.29, 0.717) is 5.82 Å². The van der Waals surface area contributed by atoms with Gasteiger partial charge in [0.2, 0.25) is 0 Å². The molecule has 15 heavy (non-hydrogen) atoms. The van der Waals surface area contributed by atoms with E-state index < -0.39 is 0 Å². The molecule has 0 bridgehead atoms. The van der Waals surface area contributed by atoms with Crippen molar-refractivity contribution in [3.8, 4) is 0 Å². The third-order valence-corrected chi connectivity index (χ3v) is 2.77. The molecule has 0 spiro atoms. The number of aromatic nitrogens is 1. The summed E-state index contributed by atoms with van der Waals surface area (Å²) < 4.78 is 5.22. The van der Waals surface area contributed by atoms with E-state index in [-0.39, 0.29) is 0 Å². The van der Waals surface area contributed by atoms with E-state index in [9.17, 15) is 0 Å². The number of hydrogen-bond acceptors (Lipinski definition) is 5. The van der Waals surface area contributed by atoms with E-state index in [1.54, 1.807) is 18.0 Å². The summed E-state index contributed by atoms with van der Waals surface area (Å²) in [6, 6.07) is 9.48. The molecule has 0 saturated carbocycles. The summed E-state index contributed by atoms with van der Waals surface area (Å²) in [6.45, 7) is 0. The monoisotopic (exact) mass is 221 g/mol. The van der Waals surface area contributed by atoms with Crippen molar-refractivity contribution in [3.63, 3.8) is 0 Å². The zero-order valence-electron chi connectivity index (χ0n) is 8.01. The van der Waals surface area contributed by atoms with E-state index in [0.717, 1.165) is 16.5 Å². The molecule has 2 heterocycles. The molecule has 0 radical (unpaired) electrons. The third kappa shape index (κ3) is 2.74. The van der Waals surface area contributed by atoms with Gasteiger partial charge in [-0.05, 0) is 24.3 Å². The Morgan fingerprint density at radius 3 is 3.00 bits per heavy atom. The van der Waals surface area contributed by atoms with Gasteiger partial charge in [0.05, 0.1) is 17.0 Å². The van der Waals surface area contributed by atoms with Gasteiger partial charge in [-0.3, -0.25) is 0 Å². The molecule has 0 aliphatic heterocycles. The summed E-state index contributed by atoms with van der Waals surface area (Å²) in [5.41, 5.74) is 2.51. The molecule has 0 unspecified atom stereocenters. The van der Waals surface area contributed by atoms with Gasteiger partial charge in [-0.15, -0.1) is 0 Å². The molecule has 78 valence electrons. The zero-order chi connectivity index (χ0) is 10.5. The smallest absolute Gasteiger partial charge is 0.141 e. The zero-order valence-corrected chi connectivity index (χ0v) is 8.83. The van der Waals surface area contributed by atoms with E-state index >= 15 is 0 Å². The normalized spacial score (nSPS) is 10.2. The molecule has 2 aromatic heterocycles. The lowest BCUT2D eigenvalue weighted by molar-refractivity contribution is 0.530. The molecule has 0 amide bonds. The lowest BCUT2D eigenvalue weighted by Gasteiger charge is -2.01. The second-order valence-electron chi connectivity index (χ2n) is 2.87. The predicted octanol–water partition coefficient (Wildman–Crippen LogP) is 2.25. The molecule has 0 aliphatic rings. The van der Waals surface area contributed by atoms with Crippen molar-refractivity contribution in [2.75, 3.05) is 5.43 Å². The number of nitrogens with zero attached hydrogens (tertiary/aromatic N) is 1. The lowest BCUT2D eigenvalue weighted by Crippen LogP contribution is -2.08. The second-order valence-corrected chi connectivity index (χ2v) is 3.87. The third-order valence-electron chi connectivity index (χ3n) is 1.81. The van der Waals surface area contributed by atoms with E-state index in [4.69, 9.17) is 10.3 Å². The number of nitrogens with one attached hydrogen (secondary N) is 1. The number of hydrogen-bond donors (Lipinski definition) is 2. The molecule has 0 fully saturated rings. The second kappa shape index (κ2) is 4.86. The van der Waals surface area contributed by atoms with Gasteiger partial charge >= 0.3 is 0 Å². The lowest BCUT2D eigenvalue weighted by atomic mass is 10.5. The first-order valence-electron chi connectivity index (χ1n) is 4.47. The Bertz CT molecular complexity index is 416.